The average molecular weight is 227 g/mol. The van der Waals surface area contributed by atoms with Crippen molar-refractivity contribution >= 4 is 22.6 Å². The smallest absolute Gasteiger partial charge is 0.0627 e. The molecule has 0 amide bonds. The summed E-state index contributed by atoms with van der Waals surface area (Å²) >= 11 is 2.38. The van der Waals surface area contributed by atoms with Crippen molar-refractivity contribution in [1.82, 2.24) is 0 Å². The SMILES string of the molecule is N[C@H]1COCC[C@H]1I. The molecule has 2 N–H and O–H groups in total. The predicted octanol–water partition coefficient (Wildman–Crippen LogP) is 0.538. The van der Waals surface area contributed by atoms with E-state index in [0.29, 0.717) is 3.92 Å². The lowest BCUT2D eigenvalue weighted by Crippen LogP contribution is -2.39. The zero-order valence-electron chi connectivity index (χ0n) is 4.64. The van der Waals surface area contributed by atoms with Crippen molar-refractivity contribution < 1.29 is 4.74 Å². The fourth-order valence-corrected chi connectivity index (χ4v) is 1.20. The van der Waals surface area contributed by atoms with Gasteiger partial charge in [-0.25, -0.2) is 0 Å². The number of nitrogens with two attached hydrogens (primary N) is 1. The third kappa shape index (κ3) is 1.56. The van der Waals surface area contributed by atoms with Crippen LogP contribution in [0, 0.1) is 0 Å². The Labute approximate surface area is 62.9 Å². The molecule has 1 aliphatic rings. The molecule has 3 heteroatoms. The molecule has 0 bridgehead atoms. The van der Waals surface area contributed by atoms with Gasteiger partial charge in [0.05, 0.1) is 6.61 Å². The molecule has 0 aromatic heterocycles. The first-order chi connectivity index (χ1) is 3.80. The van der Waals surface area contributed by atoms with E-state index in [1.807, 2.05) is 0 Å². The largest absolute Gasteiger partial charge is 0.380 e. The van der Waals surface area contributed by atoms with Crippen LogP contribution in [0.4, 0.5) is 0 Å². The second-order valence-corrected chi connectivity index (χ2v) is 3.64. The molecule has 8 heavy (non-hydrogen) atoms. The lowest BCUT2D eigenvalue weighted by Gasteiger charge is -2.23. The molecule has 1 aliphatic heterocycles. The van der Waals surface area contributed by atoms with Crippen LogP contribution in [-0.2, 0) is 4.74 Å². The fraction of sp³-hybridized carbons (Fsp3) is 1.00. The number of rotatable bonds is 0. The average Bonchev–Trinajstić information content (AvgIpc) is 1.77. The number of hydrogen-bond acceptors (Lipinski definition) is 2. The van der Waals surface area contributed by atoms with Gasteiger partial charge in [-0.3, -0.25) is 0 Å². The molecule has 0 aromatic carbocycles. The predicted molar refractivity (Wildman–Crippen MR) is 41.2 cm³/mol. The molecule has 0 saturated carbocycles. The van der Waals surface area contributed by atoms with E-state index in [-0.39, 0.29) is 6.04 Å². The molecule has 0 aliphatic carbocycles. The lowest BCUT2D eigenvalue weighted by molar-refractivity contribution is 0.0884. The zero-order valence-corrected chi connectivity index (χ0v) is 6.80. The Morgan fingerprint density at radius 3 is 2.75 bits per heavy atom. The Balaban J connectivity index is 2.28. The van der Waals surface area contributed by atoms with Gasteiger partial charge in [0.25, 0.3) is 0 Å². The molecule has 0 radical (unpaired) electrons. The van der Waals surface area contributed by atoms with Gasteiger partial charge in [-0.1, -0.05) is 22.6 Å². The molecule has 48 valence electrons. The van der Waals surface area contributed by atoms with E-state index in [9.17, 15) is 0 Å². The van der Waals surface area contributed by atoms with Crippen molar-refractivity contribution in [2.75, 3.05) is 13.2 Å². The first-order valence-electron chi connectivity index (χ1n) is 2.78. The van der Waals surface area contributed by atoms with Crippen LogP contribution < -0.4 is 5.73 Å². The molecule has 1 saturated heterocycles. The second-order valence-electron chi connectivity index (χ2n) is 2.04. The minimum Gasteiger partial charge on any atom is -0.380 e. The highest BCUT2D eigenvalue weighted by Gasteiger charge is 2.18. The normalized spacial score (nSPS) is 39.8. The summed E-state index contributed by atoms with van der Waals surface area (Å²) in [5.41, 5.74) is 5.65. The van der Waals surface area contributed by atoms with E-state index < -0.39 is 0 Å². The van der Waals surface area contributed by atoms with Crippen LogP contribution in [0.25, 0.3) is 0 Å². The van der Waals surface area contributed by atoms with Crippen LogP contribution in [0.5, 0.6) is 0 Å². The summed E-state index contributed by atoms with van der Waals surface area (Å²) in [6.45, 7) is 1.63. The molecule has 0 unspecified atom stereocenters. The topological polar surface area (TPSA) is 35.2 Å². The van der Waals surface area contributed by atoms with Crippen LogP contribution in [0.15, 0.2) is 0 Å². The Morgan fingerprint density at radius 1 is 1.62 bits per heavy atom. The van der Waals surface area contributed by atoms with Gasteiger partial charge in [-0.05, 0) is 6.42 Å². The van der Waals surface area contributed by atoms with Crippen molar-refractivity contribution in [2.45, 2.75) is 16.4 Å². The zero-order chi connectivity index (χ0) is 5.98. The van der Waals surface area contributed by atoms with E-state index in [1.165, 1.54) is 0 Å². The van der Waals surface area contributed by atoms with E-state index >= 15 is 0 Å². The first-order valence-corrected chi connectivity index (χ1v) is 4.02. The Hall–Kier alpha value is 0.650. The summed E-state index contributed by atoms with van der Waals surface area (Å²) in [7, 11) is 0. The third-order valence-corrected chi connectivity index (χ3v) is 2.86. The van der Waals surface area contributed by atoms with Crippen LogP contribution in [0.1, 0.15) is 6.42 Å². The molecular formula is C5H10INO. The molecule has 2 atom stereocenters. The maximum atomic E-state index is 5.65. The highest BCUT2D eigenvalue weighted by atomic mass is 127. The molecule has 1 rings (SSSR count). The first kappa shape index (κ1) is 6.77. The van der Waals surface area contributed by atoms with Gasteiger partial charge in [0.1, 0.15) is 0 Å². The van der Waals surface area contributed by atoms with Gasteiger partial charge in [-0.15, -0.1) is 0 Å². The molecule has 0 spiro atoms. The summed E-state index contributed by atoms with van der Waals surface area (Å²) in [5, 5.41) is 0. The van der Waals surface area contributed by atoms with E-state index in [4.69, 9.17) is 10.5 Å². The fourth-order valence-electron chi connectivity index (χ4n) is 0.734. The van der Waals surface area contributed by atoms with Crippen molar-refractivity contribution in [3.05, 3.63) is 0 Å². The Kier molecular flexibility index (Phi) is 2.52. The van der Waals surface area contributed by atoms with Crippen molar-refractivity contribution in [3.63, 3.8) is 0 Å². The molecule has 1 fully saturated rings. The number of halogens is 1. The van der Waals surface area contributed by atoms with Crippen LogP contribution >= 0.6 is 22.6 Å². The van der Waals surface area contributed by atoms with Crippen LogP contribution in [-0.4, -0.2) is 23.2 Å². The number of alkyl halides is 1. The highest BCUT2D eigenvalue weighted by Crippen LogP contribution is 2.14. The summed E-state index contributed by atoms with van der Waals surface area (Å²) < 4.78 is 5.75. The third-order valence-electron chi connectivity index (χ3n) is 1.31. The highest BCUT2D eigenvalue weighted by molar-refractivity contribution is 14.1. The Morgan fingerprint density at radius 2 is 2.38 bits per heavy atom. The van der Waals surface area contributed by atoms with Gasteiger partial charge in [0.15, 0.2) is 0 Å². The van der Waals surface area contributed by atoms with E-state index in [0.717, 1.165) is 19.6 Å². The quantitative estimate of drug-likeness (QED) is 0.484. The van der Waals surface area contributed by atoms with Gasteiger partial charge < -0.3 is 10.5 Å². The number of hydrogen-bond donors (Lipinski definition) is 1. The lowest BCUT2D eigenvalue weighted by atomic mass is 10.1. The molecular weight excluding hydrogens is 217 g/mol. The van der Waals surface area contributed by atoms with E-state index in [1.54, 1.807) is 0 Å². The van der Waals surface area contributed by atoms with Gasteiger partial charge in [0.2, 0.25) is 0 Å². The van der Waals surface area contributed by atoms with Crippen LogP contribution in [0.3, 0.4) is 0 Å². The maximum Gasteiger partial charge on any atom is 0.0627 e. The Bertz CT molecular complexity index is 68.8. The summed E-state index contributed by atoms with van der Waals surface area (Å²) in [6.07, 6.45) is 1.11. The van der Waals surface area contributed by atoms with Gasteiger partial charge in [-0.2, -0.15) is 0 Å². The molecule has 2 nitrogen and oxygen atoms in total. The van der Waals surface area contributed by atoms with Crippen molar-refractivity contribution in [2.24, 2.45) is 5.73 Å². The maximum absolute atomic E-state index is 5.65. The summed E-state index contributed by atoms with van der Waals surface area (Å²) in [5.74, 6) is 0. The second kappa shape index (κ2) is 2.98. The summed E-state index contributed by atoms with van der Waals surface area (Å²) in [4.78, 5) is 0. The number of ether oxygens (including phenoxy) is 1. The minimum absolute atomic E-state index is 0.268. The molecule has 1 heterocycles. The van der Waals surface area contributed by atoms with Gasteiger partial charge >= 0.3 is 0 Å². The summed E-state index contributed by atoms with van der Waals surface area (Å²) in [6, 6.07) is 0.268. The molecule has 0 aromatic rings. The standard InChI is InChI=1S/C5H10INO/c6-4-1-2-8-3-5(4)7/h4-5H,1-3,7H2/t4-,5+/m1/s1. The van der Waals surface area contributed by atoms with Crippen LogP contribution in [0.2, 0.25) is 0 Å². The van der Waals surface area contributed by atoms with E-state index in [2.05, 4.69) is 22.6 Å². The van der Waals surface area contributed by atoms with Crippen molar-refractivity contribution in [1.29, 1.82) is 0 Å². The van der Waals surface area contributed by atoms with Gasteiger partial charge in [0, 0.05) is 16.6 Å². The van der Waals surface area contributed by atoms with Crippen molar-refractivity contribution in [3.8, 4) is 0 Å². The monoisotopic (exact) mass is 227 g/mol. The minimum atomic E-state index is 0.268.